The molecule has 1 amide bonds. The Morgan fingerprint density at radius 3 is 2.47 bits per heavy atom. The molecule has 0 fully saturated rings. The summed E-state index contributed by atoms with van der Waals surface area (Å²) in [6.45, 7) is 6.51. The second-order valence-corrected chi connectivity index (χ2v) is 5.29. The largest absolute Gasteiger partial charge is 0.508 e. The van der Waals surface area contributed by atoms with Crippen LogP contribution in [0.3, 0.4) is 0 Å². The Balaban J connectivity index is 2.72. The van der Waals surface area contributed by atoms with Crippen LogP contribution in [0.4, 0.5) is 0 Å². The summed E-state index contributed by atoms with van der Waals surface area (Å²) in [5.41, 5.74) is 1.18. The molecule has 0 heterocycles. The second kappa shape index (κ2) is 6.80. The summed E-state index contributed by atoms with van der Waals surface area (Å²) in [7, 11) is 0. The first-order valence-corrected chi connectivity index (χ1v) is 7.15. The number of alkyl halides is 1. The molecule has 0 atom stereocenters. The highest BCUT2D eigenvalue weighted by atomic mass is 35.5. The Bertz CT molecular complexity index is 434. The van der Waals surface area contributed by atoms with Gasteiger partial charge in [0, 0.05) is 23.4 Å². The van der Waals surface area contributed by atoms with E-state index >= 15 is 0 Å². The summed E-state index contributed by atoms with van der Waals surface area (Å²) in [5.74, 6) is 0.494. The quantitative estimate of drug-likeness (QED) is 0.785. The third-order valence-corrected chi connectivity index (χ3v) is 4.45. The normalized spacial score (nSPS) is 11.4. The fourth-order valence-corrected chi connectivity index (χ4v) is 2.33. The van der Waals surface area contributed by atoms with Crippen molar-refractivity contribution in [2.45, 2.75) is 33.6 Å². The van der Waals surface area contributed by atoms with E-state index in [-0.39, 0.29) is 17.1 Å². The van der Waals surface area contributed by atoms with Gasteiger partial charge in [0.05, 0.1) is 0 Å². The van der Waals surface area contributed by atoms with Crippen molar-refractivity contribution in [1.29, 1.82) is 0 Å². The third kappa shape index (κ3) is 3.87. The number of aromatic hydroxyl groups is 1. The Kier molecular flexibility index (Phi) is 5.67. The number of carbonyl (C=O) groups excluding carboxylic acids is 1. The van der Waals surface area contributed by atoms with Crippen LogP contribution in [-0.2, 0) is 0 Å². The predicted octanol–water partition coefficient (Wildman–Crippen LogP) is 3.48. The summed E-state index contributed by atoms with van der Waals surface area (Å²) < 4.78 is 0. The summed E-state index contributed by atoms with van der Waals surface area (Å²) >= 11 is 6.01. The maximum Gasteiger partial charge on any atom is 0.251 e. The van der Waals surface area contributed by atoms with Crippen LogP contribution in [-0.4, -0.2) is 23.4 Å². The summed E-state index contributed by atoms with van der Waals surface area (Å²) in [4.78, 5) is 12.0. The molecule has 0 radical (unpaired) electrons. The minimum atomic E-state index is -0.174. The molecule has 0 aliphatic heterocycles. The number of hydrogen-bond acceptors (Lipinski definition) is 2. The monoisotopic (exact) mass is 283 g/mol. The van der Waals surface area contributed by atoms with E-state index in [0.717, 1.165) is 18.4 Å². The summed E-state index contributed by atoms with van der Waals surface area (Å²) in [5, 5.41) is 12.5. The Morgan fingerprint density at radius 1 is 1.37 bits per heavy atom. The number of phenolic OH excluding ortho intramolecular Hbond substituents is 1. The van der Waals surface area contributed by atoms with Gasteiger partial charge >= 0.3 is 0 Å². The average Bonchev–Trinajstić information content (AvgIpc) is 2.43. The van der Waals surface area contributed by atoms with Crippen molar-refractivity contribution in [3.8, 4) is 5.75 Å². The highest BCUT2D eigenvalue weighted by Gasteiger charge is 2.25. The number of amides is 1. The highest BCUT2D eigenvalue weighted by Crippen LogP contribution is 2.27. The Morgan fingerprint density at radius 2 is 2.00 bits per heavy atom. The zero-order valence-electron chi connectivity index (χ0n) is 11.8. The fourth-order valence-electron chi connectivity index (χ4n) is 1.86. The lowest BCUT2D eigenvalue weighted by atomic mass is 9.84. The van der Waals surface area contributed by atoms with Crippen LogP contribution in [0.15, 0.2) is 18.2 Å². The van der Waals surface area contributed by atoms with Gasteiger partial charge in [-0.25, -0.2) is 0 Å². The lowest BCUT2D eigenvalue weighted by Gasteiger charge is -2.29. The van der Waals surface area contributed by atoms with E-state index in [1.807, 2.05) is 0 Å². The van der Waals surface area contributed by atoms with Crippen molar-refractivity contribution in [2.24, 2.45) is 5.41 Å². The van der Waals surface area contributed by atoms with Crippen LogP contribution in [0.5, 0.6) is 5.75 Å². The van der Waals surface area contributed by atoms with E-state index in [1.165, 1.54) is 6.07 Å². The molecule has 1 aromatic carbocycles. The van der Waals surface area contributed by atoms with Gasteiger partial charge < -0.3 is 10.4 Å². The maximum absolute atomic E-state index is 12.0. The van der Waals surface area contributed by atoms with E-state index in [1.54, 1.807) is 19.1 Å². The molecule has 0 bridgehead atoms. The van der Waals surface area contributed by atoms with Crippen LogP contribution in [0, 0.1) is 12.3 Å². The molecule has 1 rings (SSSR count). The standard InChI is InChI=1S/C15H22ClNO2/c1-4-15(5-2,9-16)10-17-14(19)12-7-6-11(3)13(18)8-12/h6-8,18H,4-5,9-10H2,1-3H3,(H,17,19). The van der Waals surface area contributed by atoms with Crippen molar-refractivity contribution in [3.05, 3.63) is 29.3 Å². The van der Waals surface area contributed by atoms with Gasteiger partial charge in [-0.15, -0.1) is 11.6 Å². The van der Waals surface area contributed by atoms with E-state index in [0.29, 0.717) is 18.0 Å². The lowest BCUT2D eigenvalue weighted by Crippen LogP contribution is -2.38. The van der Waals surface area contributed by atoms with Gasteiger partial charge in [-0.2, -0.15) is 0 Å². The number of benzene rings is 1. The van der Waals surface area contributed by atoms with Crippen LogP contribution in [0.2, 0.25) is 0 Å². The number of halogens is 1. The molecule has 0 aliphatic carbocycles. The van der Waals surface area contributed by atoms with E-state index in [9.17, 15) is 9.90 Å². The van der Waals surface area contributed by atoms with E-state index < -0.39 is 0 Å². The van der Waals surface area contributed by atoms with Crippen molar-refractivity contribution in [1.82, 2.24) is 5.32 Å². The van der Waals surface area contributed by atoms with Gasteiger partial charge in [0.2, 0.25) is 0 Å². The highest BCUT2D eigenvalue weighted by molar-refractivity contribution is 6.18. The van der Waals surface area contributed by atoms with Crippen molar-refractivity contribution in [2.75, 3.05) is 12.4 Å². The average molecular weight is 284 g/mol. The SMILES string of the molecule is CCC(CC)(CCl)CNC(=O)c1ccc(C)c(O)c1. The summed E-state index contributed by atoms with van der Waals surface area (Å²) in [6, 6.07) is 4.94. The molecule has 0 unspecified atom stereocenters. The second-order valence-electron chi connectivity index (χ2n) is 5.02. The Hall–Kier alpha value is -1.22. The Labute approximate surface area is 120 Å². The van der Waals surface area contributed by atoms with Crippen molar-refractivity contribution >= 4 is 17.5 Å². The number of phenols is 1. The van der Waals surface area contributed by atoms with Gasteiger partial charge in [0.1, 0.15) is 5.75 Å². The van der Waals surface area contributed by atoms with E-state index in [2.05, 4.69) is 19.2 Å². The van der Waals surface area contributed by atoms with Crippen LogP contribution in [0.25, 0.3) is 0 Å². The van der Waals surface area contributed by atoms with Crippen LogP contribution < -0.4 is 5.32 Å². The molecule has 0 spiro atoms. The smallest absolute Gasteiger partial charge is 0.251 e. The van der Waals surface area contributed by atoms with Gasteiger partial charge in [-0.3, -0.25) is 4.79 Å². The molecule has 0 aliphatic rings. The van der Waals surface area contributed by atoms with Gasteiger partial charge in [0.25, 0.3) is 5.91 Å². The first kappa shape index (κ1) is 15.8. The molecule has 2 N–H and O–H groups in total. The fraction of sp³-hybridized carbons (Fsp3) is 0.533. The molecule has 4 heteroatoms. The van der Waals surface area contributed by atoms with Crippen molar-refractivity contribution in [3.63, 3.8) is 0 Å². The maximum atomic E-state index is 12.0. The molecule has 0 saturated heterocycles. The van der Waals surface area contributed by atoms with E-state index in [4.69, 9.17) is 11.6 Å². The number of carbonyl (C=O) groups is 1. The zero-order valence-corrected chi connectivity index (χ0v) is 12.5. The molecule has 3 nitrogen and oxygen atoms in total. The number of aryl methyl sites for hydroxylation is 1. The molecule has 1 aromatic rings. The molecule has 19 heavy (non-hydrogen) atoms. The van der Waals surface area contributed by atoms with Gasteiger partial charge in [0.15, 0.2) is 0 Å². The molecular formula is C15H22ClNO2. The number of rotatable bonds is 6. The molecule has 0 saturated carbocycles. The van der Waals surface area contributed by atoms with Gasteiger partial charge in [-0.1, -0.05) is 19.9 Å². The minimum absolute atomic E-state index is 0.0516. The zero-order chi connectivity index (χ0) is 14.5. The van der Waals surface area contributed by atoms with Crippen LogP contribution in [0.1, 0.15) is 42.6 Å². The molecule has 106 valence electrons. The predicted molar refractivity (Wildman–Crippen MR) is 78.9 cm³/mol. The topological polar surface area (TPSA) is 49.3 Å². The van der Waals surface area contributed by atoms with Crippen molar-refractivity contribution < 1.29 is 9.90 Å². The number of nitrogens with one attached hydrogen (secondary N) is 1. The minimum Gasteiger partial charge on any atom is -0.508 e. The first-order valence-electron chi connectivity index (χ1n) is 6.62. The third-order valence-electron chi connectivity index (χ3n) is 3.88. The first-order chi connectivity index (χ1) is 8.98. The molecular weight excluding hydrogens is 262 g/mol. The number of hydrogen-bond donors (Lipinski definition) is 2. The van der Waals surface area contributed by atoms with Crippen LogP contribution >= 0.6 is 11.6 Å². The van der Waals surface area contributed by atoms with Gasteiger partial charge in [-0.05, 0) is 37.5 Å². The lowest BCUT2D eigenvalue weighted by molar-refractivity contribution is 0.0931. The molecule has 0 aromatic heterocycles. The summed E-state index contributed by atoms with van der Waals surface area (Å²) in [6.07, 6.45) is 1.85.